The number of rotatable bonds is 3. The average molecular weight is 220 g/mol. The Labute approximate surface area is 94.7 Å². The molecule has 0 aromatic heterocycles. The maximum absolute atomic E-state index is 11.8. The first kappa shape index (κ1) is 11.0. The zero-order valence-electron chi connectivity index (χ0n) is 9.29. The van der Waals surface area contributed by atoms with Crippen molar-refractivity contribution in [1.29, 1.82) is 0 Å². The number of anilines is 1. The van der Waals surface area contributed by atoms with Gasteiger partial charge in [0.05, 0.1) is 6.61 Å². The predicted octanol–water partition coefficient (Wildman–Crippen LogP) is 0.765. The number of aliphatic hydroxyl groups excluding tert-OH is 1. The van der Waals surface area contributed by atoms with Crippen LogP contribution in [0.15, 0.2) is 18.2 Å². The third-order valence-corrected chi connectivity index (χ3v) is 2.73. The fraction of sp³-hybridized carbons (Fsp3) is 0.417. The normalized spacial score (nSPS) is 15.1. The monoisotopic (exact) mass is 220 g/mol. The predicted molar refractivity (Wildman–Crippen MR) is 62.6 cm³/mol. The van der Waals surface area contributed by atoms with Crippen molar-refractivity contribution in [3.05, 3.63) is 29.3 Å². The van der Waals surface area contributed by atoms with E-state index < -0.39 is 0 Å². The molecule has 0 spiro atoms. The molecule has 86 valence electrons. The Morgan fingerprint density at radius 2 is 2.44 bits per heavy atom. The van der Waals surface area contributed by atoms with E-state index in [4.69, 9.17) is 5.11 Å². The molecule has 16 heavy (non-hydrogen) atoms. The van der Waals surface area contributed by atoms with E-state index in [1.165, 1.54) is 5.56 Å². The summed E-state index contributed by atoms with van der Waals surface area (Å²) in [5, 5.41) is 14.8. The SMILES string of the molecule is C[C@@H](CO)NC(=O)c1ccc2c(c1)CCN2. The van der Waals surface area contributed by atoms with Crippen molar-refractivity contribution in [1.82, 2.24) is 5.32 Å². The number of benzene rings is 1. The van der Waals surface area contributed by atoms with Crippen LogP contribution >= 0.6 is 0 Å². The third-order valence-electron chi connectivity index (χ3n) is 2.73. The molecule has 1 aromatic carbocycles. The molecule has 1 atom stereocenters. The Bertz CT molecular complexity index is 404. The molecule has 0 aliphatic carbocycles. The number of fused-ring (bicyclic) bond motifs is 1. The minimum Gasteiger partial charge on any atom is -0.394 e. The van der Waals surface area contributed by atoms with Gasteiger partial charge >= 0.3 is 0 Å². The van der Waals surface area contributed by atoms with Crippen LogP contribution in [0, 0.1) is 0 Å². The van der Waals surface area contributed by atoms with Gasteiger partial charge in [0.25, 0.3) is 5.91 Å². The van der Waals surface area contributed by atoms with Crippen LogP contribution in [0.1, 0.15) is 22.8 Å². The second-order valence-corrected chi connectivity index (χ2v) is 4.11. The summed E-state index contributed by atoms with van der Waals surface area (Å²) in [6.07, 6.45) is 0.964. The lowest BCUT2D eigenvalue weighted by Gasteiger charge is -2.11. The van der Waals surface area contributed by atoms with Crippen molar-refractivity contribution in [3.8, 4) is 0 Å². The molecule has 0 bridgehead atoms. The quantitative estimate of drug-likeness (QED) is 0.705. The Balaban J connectivity index is 2.12. The molecule has 1 aliphatic rings. The topological polar surface area (TPSA) is 61.4 Å². The molecule has 1 aliphatic heterocycles. The lowest BCUT2D eigenvalue weighted by molar-refractivity contribution is 0.0922. The van der Waals surface area contributed by atoms with Gasteiger partial charge in [0.1, 0.15) is 0 Å². The summed E-state index contributed by atoms with van der Waals surface area (Å²) in [4.78, 5) is 11.8. The van der Waals surface area contributed by atoms with Gasteiger partial charge in [-0.2, -0.15) is 0 Å². The molecular weight excluding hydrogens is 204 g/mol. The van der Waals surface area contributed by atoms with Crippen LogP contribution < -0.4 is 10.6 Å². The van der Waals surface area contributed by atoms with Crippen molar-refractivity contribution in [2.24, 2.45) is 0 Å². The minimum absolute atomic E-state index is 0.0434. The molecule has 1 aromatic rings. The molecule has 1 heterocycles. The molecule has 0 unspecified atom stereocenters. The Morgan fingerprint density at radius 3 is 3.19 bits per heavy atom. The van der Waals surface area contributed by atoms with E-state index >= 15 is 0 Å². The highest BCUT2D eigenvalue weighted by Crippen LogP contribution is 2.22. The highest BCUT2D eigenvalue weighted by molar-refractivity contribution is 5.95. The van der Waals surface area contributed by atoms with Gasteiger partial charge in [-0.15, -0.1) is 0 Å². The molecular formula is C12H16N2O2. The van der Waals surface area contributed by atoms with Gasteiger partial charge in [-0.05, 0) is 37.1 Å². The van der Waals surface area contributed by atoms with E-state index in [0.29, 0.717) is 5.56 Å². The first-order valence-corrected chi connectivity index (χ1v) is 5.49. The largest absolute Gasteiger partial charge is 0.394 e. The maximum Gasteiger partial charge on any atom is 0.251 e. The van der Waals surface area contributed by atoms with Crippen LogP contribution in [-0.4, -0.2) is 30.2 Å². The first-order valence-electron chi connectivity index (χ1n) is 5.49. The van der Waals surface area contributed by atoms with E-state index in [9.17, 15) is 4.79 Å². The molecule has 0 saturated heterocycles. The third kappa shape index (κ3) is 2.17. The molecule has 0 fully saturated rings. The van der Waals surface area contributed by atoms with E-state index in [-0.39, 0.29) is 18.6 Å². The first-order chi connectivity index (χ1) is 7.70. The summed E-state index contributed by atoms with van der Waals surface area (Å²) in [5.74, 6) is -0.128. The summed E-state index contributed by atoms with van der Waals surface area (Å²) in [5.41, 5.74) is 2.96. The van der Waals surface area contributed by atoms with Crippen LogP contribution in [0.25, 0.3) is 0 Å². The zero-order chi connectivity index (χ0) is 11.5. The number of hydrogen-bond acceptors (Lipinski definition) is 3. The summed E-state index contributed by atoms with van der Waals surface area (Å²) >= 11 is 0. The van der Waals surface area contributed by atoms with Gasteiger partial charge in [-0.3, -0.25) is 4.79 Å². The minimum atomic E-state index is -0.209. The van der Waals surface area contributed by atoms with Gasteiger partial charge in [-0.1, -0.05) is 0 Å². The van der Waals surface area contributed by atoms with E-state index in [1.807, 2.05) is 12.1 Å². The standard InChI is InChI=1S/C12H16N2O2/c1-8(7-15)14-12(16)10-2-3-11-9(6-10)4-5-13-11/h2-3,6,8,13,15H,4-5,7H2,1H3,(H,14,16)/t8-/m0/s1. The van der Waals surface area contributed by atoms with E-state index in [0.717, 1.165) is 18.7 Å². The maximum atomic E-state index is 11.8. The van der Waals surface area contributed by atoms with E-state index in [2.05, 4.69) is 10.6 Å². The van der Waals surface area contributed by atoms with Gasteiger partial charge in [-0.25, -0.2) is 0 Å². The van der Waals surface area contributed by atoms with Crippen LogP contribution in [0.2, 0.25) is 0 Å². The lowest BCUT2D eigenvalue weighted by Crippen LogP contribution is -2.34. The Morgan fingerprint density at radius 1 is 1.62 bits per heavy atom. The Kier molecular flexibility index (Phi) is 3.10. The number of carbonyl (C=O) groups excluding carboxylic acids is 1. The zero-order valence-corrected chi connectivity index (χ0v) is 9.29. The molecule has 1 amide bonds. The van der Waals surface area contributed by atoms with Gasteiger partial charge < -0.3 is 15.7 Å². The molecule has 4 heteroatoms. The Hall–Kier alpha value is -1.55. The van der Waals surface area contributed by atoms with Crippen molar-refractivity contribution in [2.75, 3.05) is 18.5 Å². The smallest absolute Gasteiger partial charge is 0.251 e. The summed E-state index contributed by atoms with van der Waals surface area (Å²) in [7, 11) is 0. The van der Waals surface area contributed by atoms with Crippen molar-refractivity contribution in [3.63, 3.8) is 0 Å². The molecule has 2 rings (SSSR count). The highest BCUT2D eigenvalue weighted by atomic mass is 16.3. The number of nitrogens with one attached hydrogen (secondary N) is 2. The van der Waals surface area contributed by atoms with Crippen LogP contribution in [0.4, 0.5) is 5.69 Å². The molecule has 0 saturated carbocycles. The van der Waals surface area contributed by atoms with Crippen molar-refractivity contribution < 1.29 is 9.90 Å². The van der Waals surface area contributed by atoms with Gasteiger partial charge in [0, 0.05) is 23.8 Å². The number of aliphatic hydroxyl groups is 1. The molecule has 4 nitrogen and oxygen atoms in total. The fourth-order valence-corrected chi connectivity index (χ4v) is 1.80. The van der Waals surface area contributed by atoms with Crippen LogP contribution in [-0.2, 0) is 6.42 Å². The summed E-state index contributed by atoms with van der Waals surface area (Å²) in [6.45, 7) is 2.67. The van der Waals surface area contributed by atoms with E-state index in [1.54, 1.807) is 13.0 Å². The second-order valence-electron chi connectivity index (χ2n) is 4.11. The average Bonchev–Trinajstić information content (AvgIpc) is 2.75. The van der Waals surface area contributed by atoms with Crippen molar-refractivity contribution in [2.45, 2.75) is 19.4 Å². The lowest BCUT2D eigenvalue weighted by atomic mass is 10.1. The highest BCUT2D eigenvalue weighted by Gasteiger charge is 2.14. The summed E-state index contributed by atoms with van der Waals surface area (Å²) < 4.78 is 0. The van der Waals surface area contributed by atoms with Crippen LogP contribution in [0.5, 0.6) is 0 Å². The number of hydrogen-bond donors (Lipinski definition) is 3. The number of amides is 1. The fourth-order valence-electron chi connectivity index (χ4n) is 1.80. The van der Waals surface area contributed by atoms with Crippen molar-refractivity contribution >= 4 is 11.6 Å². The molecule has 0 radical (unpaired) electrons. The second kappa shape index (κ2) is 4.53. The van der Waals surface area contributed by atoms with Gasteiger partial charge in [0.2, 0.25) is 0 Å². The molecule has 3 N–H and O–H groups in total. The number of carbonyl (C=O) groups is 1. The van der Waals surface area contributed by atoms with Crippen LogP contribution in [0.3, 0.4) is 0 Å². The van der Waals surface area contributed by atoms with Gasteiger partial charge in [0.15, 0.2) is 0 Å². The summed E-state index contributed by atoms with van der Waals surface area (Å²) in [6, 6.07) is 5.44.